The summed E-state index contributed by atoms with van der Waals surface area (Å²) in [7, 11) is 0. The Morgan fingerprint density at radius 3 is 2.20 bits per heavy atom. The van der Waals surface area contributed by atoms with E-state index in [9.17, 15) is 18.0 Å². The fraction of sp³-hybridized carbons (Fsp3) is 0.238. The first-order valence-electron chi connectivity index (χ1n) is 9.39. The van der Waals surface area contributed by atoms with Gasteiger partial charge in [-0.15, -0.1) is 10.2 Å². The van der Waals surface area contributed by atoms with Crippen molar-refractivity contribution in [3.8, 4) is 11.4 Å². The van der Waals surface area contributed by atoms with Gasteiger partial charge in [-0.3, -0.25) is 9.78 Å². The summed E-state index contributed by atoms with van der Waals surface area (Å²) in [6.07, 6.45) is -2.89. The predicted octanol–water partition coefficient (Wildman–Crippen LogP) is 3.52. The van der Waals surface area contributed by atoms with Crippen LogP contribution in [0, 0.1) is 0 Å². The van der Waals surface area contributed by atoms with Gasteiger partial charge >= 0.3 is 6.18 Å². The molecule has 0 unspecified atom stereocenters. The number of piperazine rings is 1. The molecule has 3 heterocycles. The van der Waals surface area contributed by atoms with Crippen LogP contribution >= 0.6 is 0 Å². The maximum absolute atomic E-state index is 13.2. The molecular weight excluding hydrogens is 395 g/mol. The second-order valence-corrected chi connectivity index (χ2v) is 6.81. The van der Waals surface area contributed by atoms with E-state index in [1.54, 1.807) is 6.20 Å². The number of carbonyl (C=O) groups excluding carboxylic acids is 1. The van der Waals surface area contributed by atoms with Crippen molar-refractivity contribution >= 4 is 11.7 Å². The normalized spacial score (nSPS) is 14.6. The number of halogens is 3. The molecule has 0 bridgehead atoms. The van der Waals surface area contributed by atoms with Crippen molar-refractivity contribution in [1.82, 2.24) is 20.1 Å². The molecule has 1 fully saturated rings. The molecule has 9 heteroatoms. The highest BCUT2D eigenvalue weighted by Crippen LogP contribution is 2.32. The van der Waals surface area contributed by atoms with Crippen LogP contribution in [-0.4, -0.2) is 52.2 Å². The van der Waals surface area contributed by atoms with Gasteiger partial charge in [-0.2, -0.15) is 13.2 Å². The maximum atomic E-state index is 13.2. The fourth-order valence-corrected chi connectivity index (χ4v) is 3.37. The van der Waals surface area contributed by atoms with E-state index in [1.165, 1.54) is 23.1 Å². The summed E-state index contributed by atoms with van der Waals surface area (Å²) >= 11 is 0. The van der Waals surface area contributed by atoms with E-state index < -0.39 is 17.6 Å². The summed E-state index contributed by atoms with van der Waals surface area (Å²) < 4.78 is 39.6. The number of carbonyl (C=O) groups is 1. The number of rotatable bonds is 3. The molecule has 3 aromatic rings. The van der Waals surface area contributed by atoms with Gasteiger partial charge in [0, 0.05) is 32.4 Å². The van der Waals surface area contributed by atoms with Gasteiger partial charge in [0.2, 0.25) is 0 Å². The lowest BCUT2D eigenvalue weighted by Gasteiger charge is -2.35. The Morgan fingerprint density at radius 2 is 1.57 bits per heavy atom. The molecule has 2 aromatic heterocycles. The van der Waals surface area contributed by atoms with Crippen LogP contribution in [0.4, 0.5) is 19.0 Å². The third-order valence-corrected chi connectivity index (χ3v) is 4.93. The van der Waals surface area contributed by atoms with Gasteiger partial charge in [0.1, 0.15) is 5.69 Å². The zero-order chi connectivity index (χ0) is 21.1. The number of amides is 1. The first-order valence-corrected chi connectivity index (χ1v) is 9.39. The lowest BCUT2D eigenvalue weighted by atomic mass is 10.1. The summed E-state index contributed by atoms with van der Waals surface area (Å²) in [6, 6.07) is 14.1. The van der Waals surface area contributed by atoms with Crippen LogP contribution in [0.3, 0.4) is 0 Å². The average Bonchev–Trinajstić information content (AvgIpc) is 2.79. The molecule has 1 aliphatic heterocycles. The quantitative estimate of drug-likeness (QED) is 0.658. The number of nitrogens with zero attached hydrogens (tertiary/aromatic N) is 5. The van der Waals surface area contributed by atoms with E-state index in [1.807, 2.05) is 35.2 Å². The molecule has 1 amide bonds. The summed E-state index contributed by atoms with van der Waals surface area (Å²) in [4.78, 5) is 20.3. The van der Waals surface area contributed by atoms with Crippen LogP contribution in [0.15, 0.2) is 60.8 Å². The third-order valence-electron chi connectivity index (χ3n) is 4.93. The number of benzene rings is 1. The zero-order valence-corrected chi connectivity index (χ0v) is 15.9. The predicted molar refractivity (Wildman–Crippen MR) is 105 cm³/mol. The highest BCUT2D eigenvalue weighted by Gasteiger charge is 2.36. The average molecular weight is 413 g/mol. The SMILES string of the molecule is O=C(c1ccccc1C(F)(F)F)N1CCN(c2ccc(-c3ccccn3)nn2)CC1. The summed E-state index contributed by atoms with van der Waals surface area (Å²) in [6.45, 7) is 1.51. The molecule has 0 N–H and O–H groups in total. The molecule has 154 valence electrons. The smallest absolute Gasteiger partial charge is 0.352 e. The van der Waals surface area contributed by atoms with Crippen LogP contribution < -0.4 is 4.90 Å². The first kappa shape index (κ1) is 19.8. The van der Waals surface area contributed by atoms with Crippen LogP contribution in [0.25, 0.3) is 11.4 Å². The van der Waals surface area contributed by atoms with Crippen molar-refractivity contribution in [1.29, 1.82) is 0 Å². The van der Waals surface area contributed by atoms with Crippen LogP contribution in [0.5, 0.6) is 0 Å². The largest absolute Gasteiger partial charge is 0.417 e. The summed E-state index contributed by atoms with van der Waals surface area (Å²) in [5.41, 5.74) is 0.138. The van der Waals surface area contributed by atoms with Gasteiger partial charge in [-0.1, -0.05) is 18.2 Å². The second-order valence-electron chi connectivity index (χ2n) is 6.81. The lowest BCUT2D eigenvalue weighted by molar-refractivity contribution is -0.138. The Hall–Kier alpha value is -3.49. The molecule has 0 radical (unpaired) electrons. The Bertz CT molecular complexity index is 1020. The Kier molecular flexibility index (Phi) is 5.35. The van der Waals surface area contributed by atoms with Gasteiger partial charge in [-0.25, -0.2) is 0 Å². The van der Waals surface area contributed by atoms with E-state index in [-0.39, 0.29) is 5.56 Å². The molecule has 6 nitrogen and oxygen atoms in total. The molecule has 0 spiro atoms. The molecule has 1 aliphatic rings. The molecule has 1 aromatic carbocycles. The Labute approximate surface area is 171 Å². The molecule has 1 saturated heterocycles. The van der Waals surface area contributed by atoms with Crippen molar-refractivity contribution in [2.45, 2.75) is 6.18 Å². The van der Waals surface area contributed by atoms with E-state index in [0.717, 1.165) is 11.8 Å². The molecule has 0 saturated carbocycles. The van der Waals surface area contributed by atoms with Gasteiger partial charge in [0.25, 0.3) is 5.91 Å². The fourth-order valence-electron chi connectivity index (χ4n) is 3.37. The van der Waals surface area contributed by atoms with Crippen molar-refractivity contribution in [2.24, 2.45) is 0 Å². The number of alkyl halides is 3. The molecular formula is C21H18F3N5O. The van der Waals surface area contributed by atoms with Gasteiger partial charge in [0.15, 0.2) is 5.82 Å². The number of hydrogen-bond acceptors (Lipinski definition) is 5. The number of pyridine rings is 1. The molecule has 30 heavy (non-hydrogen) atoms. The highest BCUT2D eigenvalue weighted by atomic mass is 19.4. The van der Waals surface area contributed by atoms with Crippen LogP contribution in [0.1, 0.15) is 15.9 Å². The number of aromatic nitrogens is 3. The van der Waals surface area contributed by atoms with E-state index in [0.29, 0.717) is 37.7 Å². The Balaban J connectivity index is 1.43. The molecule has 4 rings (SSSR count). The van der Waals surface area contributed by atoms with Crippen LogP contribution in [0.2, 0.25) is 0 Å². The first-order chi connectivity index (χ1) is 14.4. The standard InChI is InChI=1S/C21H18F3N5O/c22-21(23,24)16-6-2-1-5-15(16)20(30)29-13-11-28(12-14-29)19-9-8-18(26-27-19)17-7-3-4-10-25-17/h1-10H,11-14H2. The number of hydrogen-bond donors (Lipinski definition) is 0. The minimum absolute atomic E-state index is 0.300. The molecule has 0 aliphatic carbocycles. The lowest BCUT2D eigenvalue weighted by Crippen LogP contribution is -2.49. The minimum Gasteiger partial charge on any atom is -0.352 e. The minimum atomic E-state index is -4.57. The number of anilines is 1. The van der Waals surface area contributed by atoms with Gasteiger partial charge in [-0.05, 0) is 36.4 Å². The van der Waals surface area contributed by atoms with Crippen molar-refractivity contribution in [3.05, 3.63) is 71.9 Å². The van der Waals surface area contributed by atoms with E-state index in [4.69, 9.17) is 0 Å². The van der Waals surface area contributed by atoms with E-state index >= 15 is 0 Å². The van der Waals surface area contributed by atoms with Gasteiger partial charge in [0.05, 0.1) is 16.8 Å². The van der Waals surface area contributed by atoms with Crippen LogP contribution in [-0.2, 0) is 6.18 Å². The summed E-state index contributed by atoms with van der Waals surface area (Å²) in [5.74, 6) is 0.0385. The van der Waals surface area contributed by atoms with Crippen molar-refractivity contribution < 1.29 is 18.0 Å². The molecule has 0 atom stereocenters. The van der Waals surface area contributed by atoms with Crippen molar-refractivity contribution in [2.75, 3.05) is 31.1 Å². The van der Waals surface area contributed by atoms with Gasteiger partial charge < -0.3 is 9.80 Å². The Morgan fingerprint density at radius 1 is 0.833 bits per heavy atom. The zero-order valence-electron chi connectivity index (χ0n) is 15.9. The summed E-state index contributed by atoms with van der Waals surface area (Å²) in [5, 5.41) is 8.44. The van der Waals surface area contributed by atoms with E-state index in [2.05, 4.69) is 15.2 Å². The second kappa shape index (κ2) is 8.10. The monoisotopic (exact) mass is 413 g/mol. The third kappa shape index (κ3) is 4.10. The topological polar surface area (TPSA) is 62.2 Å². The van der Waals surface area contributed by atoms with Crippen molar-refractivity contribution in [3.63, 3.8) is 0 Å². The highest BCUT2D eigenvalue weighted by molar-refractivity contribution is 5.96. The maximum Gasteiger partial charge on any atom is 0.417 e.